The Morgan fingerprint density at radius 1 is 1.10 bits per heavy atom. The maximum absolute atomic E-state index is 13.8. The topological polar surface area (TPSA) is 74.5 Å². The predicted octanol–water partition coefficient (Wildman–Crippen LogP) is 3.48. The third-order valence-electron chi connectivity index (χ3n) is 4.49. The average Bonchev–Trinajstić information content (AvgIpc) is 3.24. The maximum atomic E-state index is 13.8. The zero-order valence-corrected chi connectivity index (χ0v) is 19.2. The molecule has 1 heterocycles. The summed E-state index contributed by atoms with van der Waals surface area (Å²) in [7, 11) is 0. The highest BCUT2D eigenvalue weighted by atomic mass is 127. The number of guanidine groups is 1. The van der Waals surface area contributed by atoms with E-state index < -0.39 is 11.9 Å². The Bertz CT molecular complexity index is 933. The molecule has 3 aromatic rings. The Morgan fingerprint density at radius 2 is 1.83 bits per heavy atom. The predicted molar refractivity (Wildman–Crippen MR) is 127 cm³/mol. The third kappa shape index (κ3) is 6.81. The smallest absolute Gasteiger partial charge is 0.191 e. The first-order valence-corrected chi connectivity index (χ1v) is 9.66. The van der Waals surface area contributed by atoms with Gasteiger partial charge < -0.3 is 15.7 Å². The minimum absolute atomic E-state index is 0. The van der Waals surface area contributed by atoms with E-state index in [0.29, 0.717) is 25.6 Å². The molecule has 0 aliphatic carbocycles. The first-order valence-electron chi connectivity index (χ1n) is 9.66. The summed E-state index contributed by atoms with van der Waals surface area (Å²) in [6.45, 7) is 3.95. The van der Waals surface area contributed by atoms with Crippen LogP contribution in [0.15, 0.2) is 72.0 Å². The van der Waals surface area contributed by atoms with Crippen molar-refractivity contribution in [3.63, 3.8) is 0 Å². The minimum Gasteiger partial charge on any atom is -0.386 e. The average molecular weight is 523 g/mol. The van der Waals surface area contributed by atoms with E-state index in [-0.39, 0.29) is 36.1 Å². The van der Waals surface area contributed by atoms with Crippen molar-refractivity contribution >= 4 is 29.9 Å². The Balaban J connectivity index is 0.00000320. The number of benzene rings is 2. The molecule has 2 aromatic carbocycles. The molecular weight excluding hydrogens is 496 g/mol. The van der Waals surface area contributed by atoms with Crippen LogP contribution in [-0.2, 0) is 13.1 Å². The zero-order valence-electron chi connectivity index (χ0n) is 16.8. The highest BCUT2D eigenvalue weighted by Gasteiger charge is 2.12. The number of nitrogens with zero attached hydrogens (tertiary/aromatic N) is 3. The third-order valence-corrected chi connectivity index (χ3v) is 4.49. The Hall–Kier alpha value is -2.46. The van der Waals surface area contributed by atoms with E-state index in [1.165, 1.54) is 6.07 Å². The molecule has 0 amide bonds. The number of halogens is 2. The molecule has 0 fully saturated rings. The van der Waals surface area contributed by atoms with Gasteiger partial charge in [0.25, 0.3) is 0 Å². The lowest BCUT2D eigenvalue weighted by molar-refractivity contribution is 0.176. The molecular formula is C22H27FIN5O. The highest BCUT2D eigenvalue weighted by Crippen LogP contribution is 2.16. The summed E-state index contributed by atoms with van der Waals surface area (Å²) in [5.41, 5.74) is 2.50. The lowest BCUT2D eigenvalue weighted by atomic mass is 10.1. The minimum atomic E-state index is -0.966. The van der Waals surface area contributed by atoms with Crippen molar-refractivity contribution in [2.45, 2.75) is 26.1 Å². The van der Waals surface area contributed by atoms with Gasteiger partial charge >= 0.3 is 0 Å². The summed E-state index contributed by atoms with van der Waals surface area (Å²) in [5.74, 6) is 0.146. The standard InChI is InChI=1S/C22H26FN5O.HI/c1-2-24-22(26-15-21(29)19-10-5-6-11-20(19)23)25-14-17-8-3-4-9-18(17)16-28-13-7-12-27-28;/h3-13,21,29H,2,14-16H2,1H3,(H2,24,25,26);1H. The molecule has 1 unspecified atom stereocenters. The van der Waals surface area contributed by atoms with Gasteiger partial charge in [0, 0.05) is 31.0 Å². The Labute approximate surface area is 193 Å². The van der Waals surface area contributed by atoms with E-state index >= 15 is 0 Å². The highest BCUT2D eigenvalue weighted by molar-refractivity contribution is 14.0. The fraction of sp³-hybridized carbons (Fsp3) is 0.273. The number of aliphatic hydroxyl groups is 1. The molecule has 3 N–H and O–H groups in total. The van der Waals surface area contributed by atoms with Crippen LogP contribution in [0.2, 0.25) is 0 Å². The van der Waals surface area contributed by atoms with Crippen molar-refractivity contribution in [1.29, 1.82) is 0 Å². The van der Waals surface area contributed by atoms with Gasteiger partial charge in [0.1, 0.15) is 5.82 Å². The molecule has 0 radical (unpaired) electrons. The Morgan fingerprint density at radius 3 is 2.53 bits per heavy atom. The number of hydrogen-bond acceptors (Lipinski definition) is 3. The summed E-state index contributed by atoms with van der Waals surface area (Å²) >= 11 is 0. The van der Waals surface area contributed by atoms with Gasteiger partial charge in [-0.1, -0.05) is 42.5 Å². The molecule has 1 atom stereocenters. The number of aliphatic hydroxyl groups excluding tert-OH is 1. The zero-order chi connectivity index (χ0) is 20.5. The summed E-state index contributed by atoms with van der Waals surface area (Å²) in [5, 5.41) is 20.8. The fourth-order valence-electron chi connectivity index (χ4n) is 2.99. The van der Waals surface area contributed by atoms with Crippen molar-refractivity contribution in [2.24, 2.45) is 4.99 Å². The van der Waals surface area contributed by atoms with E-state index in [2.05, 4.69) is 26.8 Å². The molecule has 0 aliphatic heterocycles. The van der Waals surface area contributed by atoms with E-state index in [4.69, 9.17) is 0 Å². The second kappa shape index (κ2) is 12.3. The van der Waals surface area contributed by atoms with Crippen LogP contribution in [0.3, 0.4) is 0 Å². The second-order valence-electron chi connectivity index (χ2n) is 6.59. The fourth-order valence-corrected chi connectivity index (χ4v) is 2.99. The molecule has 30 heavy (non-hydrogen) atoms. The summed E-state index contributed by atoms with van der Waals surface area (Å²) in [6, 6.07) is 16.2. The number of aromatic nitrogens is 2. The van der Waals surface area contributed by atoms with Crippen molar-refractivity contribution < 1.29 is 9.50 Å². The van der Waals surface area contributed by atoms with Gasteiger partial charge in [0.05, 0.1) is 19.2 Å². The van der Waals surface area contributed by atoms with E-state index in [9.17, 15) is 9.50 Å². The van der Waals surface area contributed by atoms with Crippen molar-refractivity contribution in [3.8, 4) is 0 Å². The molecule has 0 aliphatic rings. The van der Waals surface area contributed by atoms with Crippen LogP contribution in [0, 0.1) is 5.82 Å². The van der Waals surface area contributed by atoms with Crippen LogP contribution in [0.5, 0.6) is 0 Å². The second-order valence-corrected chi connectivity index (χ2v) is 6.59. The summed E-state index contributed by atoms with van der Waals surface area (Å²) < 4.78 is 15.7. The normalized spacial score (nSPS) is 12.2. The number of nitrogens with one attached hydrogen (secondary N) is 2. The lowest BCUT2D eigenvalue weighted by Gasteiger charge is -2.16. The van der Waals surface area contributed by atoms with Crippen LogP contribution >= 0.6 is 24.0 Å². The SMILES string of the molecule is CCNC(=NCc1ccccc1Cn1cccn1)NCC(O)c1ccccc1F.I. The van der Waals surface area contributed by atoms with Gasteiger partial charge in [-0.3, -0.25) is 4.68 Å². The monoisotopic (exact) mass is 523 g/mol. The van der Waals surface area contributed by atoms with Gasteiger partial charge in [-0.05, 0) is 30.2 Å². The van der Waals surface area contributed by atoms with Gasteiger partial charge in [-0.2, -0.15) is 5.10 Å². The molecule has 8 heteroatoms. The van der Waals surface area contributed by atoms with E-state index in [1.807, 2.05) is 42.1 Å². The Kier molecular flexibility index (Phi) is 9.75. The molecule has 1 aromatic heterocycles. The molecule has 3 rings (SSSR count). The van der Waals surface area contributed by atoms with Crippen molar-refractivity contribution in [1.82, 2.24) is 20.4 Å². The quantitative estimate of drug-likeness (QED) is 0.240. The van der Waals surface area contributed by atoms with Gasteiger partial charge in [-0.25, -0.2) is 9.38 Å². The molecule has 0 saturated heterocycles. The summed E-state index contributed by atoms with van der Waals surface area (Å²) in [6.07, 6.45) is 2.72. The van der Waals surface area contributed by atoms with Gasteiger partial charge in [0.2, 0.25) is 0 Å². The number of rotatable bonds is 8. The van der Waals surface area contributed by atoms with Gasteiger partial charge in [0.15, 0.2) is 5.96 Å². The van der Waals surface area contributed by atoms with Crippen molar-refractivity contribution in [3.05, 3.63) is 89.5 Å². The first kappa shape index (κ1) is 23.8. The van der Waals surface area contributed by atoms with E-state index in [0.717, 1.165) is 11.1 Å². The van der Waals surface area contributed by atoms with Crippen molar-refractivity contribution in [2.75, 3.05) is 13.1 Å². The largest absolute Gasteiger partial charge is 0.386 e. The van der Waals surface area contributed by atoms with Crippen LogP contribution in [0.25, 0.3) is 0 Å². The van der Waals surface area contributed by atoms with Gasteiger partial charge in [-0.15, -0.1) is 24.0 Å². The molecule has 6 nitrogen and oxygen atoms in total. The number of aliphatic imine (C=N–C) groups is 1. The van der Waals surface area contributed by atoms with Crippen LogP contribution < -0.4 is 10.6 Å². The molecule has 0 bridgehead atoms. The van der Waals surface area contributed by atoms with Crippen LogP contribution in [-0.4, -0.2) is 33.9 Å². The molecule has 0 spiro atoms. The lowest BCUT2D eigenvalue weighted by Crippen LogP contribution is -2.39. The molecule has 0 saturated carbocycles. The number of hydrogen-bond donors (Lipinski definition) is 3. The van der Waals surface area contributed by atoms with Crippen LogP contribution in [0.1, 0.15) is 29.7 Å². The van der Waals surface area contributed by atoms with E-state index in [1.54, 1.807) is 24.4 Å². The summed E-state index contributed by atoms with van der Waals surface area (Å²) in [4.78, 5) is 4.62. The maximum Gasteiger partial charge on any atom is 0.191 e. The molecule has 160 valence electrons. The first-order chi connectivity index (χ1) is 14.2. The van der Waals surface area contributed by atoms with Crippen LogP contribution in [0.4, 0.5) is 4.39 Å².